The summed E-state index contributed by atoms with van der Waals surface area (Å²) in [5.74, 6) is 0.574. The van der Waals surface area contributed by atoms with Gasteiger partial charge in [-0.15, -0.1) is 0 Å². The number of nitrogens with one attached hydrogen (secondary N) is 1. The maximum atomic E-state index is 11.9. The zero-order valence-corrected chi connectivity index (χ0v) is 11.4. The van der Waals surface area contributed by atoms with Crippen LogP contribution in [0.5, 0.6) is 5.75 Å². The molecule has 0 aliphatic rings. The monoisotopic (exact) mass is 255 g/mol. The fourth-order valence-electron chi connectivity index (χ4n) is 1.79. The molecule has 0 fully saturated rings. The van der Waals surface area contributed by atoms with Crippen LogP contribution in [0.15, 0.2) is 42.5 Å². The molecule has 0 atom stereocenters. The van der Waals surface area contributed by atoms with Crippen molar-refractivity contribution in [2.75, 3.05) is 5.32 Å². The first-order valence-electron chi connectivity index (χ1n) is 6.18. The van der Waals surface area contributed by atoms with E-state index in [9.17, 15) is 4.79 Å². The van der Waals surface area contributed by atoms with Gasteiger partial charge in [0.05, 0.1) is 0 Å². The molecule has 0 aliphatic carbocycles. The molecule has 0 saturated heterocycles. The van der Waals surface area contributed by atoms with Crippen molar-refractivity contribution in [2.45, 2.75) is 20.8 Å². The molecule has 3 nitrogen and oxygen atoms in total. The van der Waals surface area contributed by atoms with Gasteiger partial charge in [-0.1, -0.05) is 30.3 Å². The van der Waals surface area contributed by atoms with Gasteiger partial charge >= 0.3 is 6.09 Å². The number of anilines is 1. The number of hydrogen-bond acceptors (Lipinski definition) is 2. The molecule has 19 heavy (non-hydrogen) atoms. The van der Waals surface area contributed by atoms with Gasteiger partial charge in [-0.3, -0.25) is 5.32 Å². The van der Waals surface area contributed by atoms with E-state index >= 15 is 0 Å². The Balaban J connectivity index is 2.10. The zero-order valence-electron chi connectivity index (χ0n) is 11.4. The Bertz CT molecular complexity index is 605. The van der Waals surface area contributed by atoms with E-state index in [0.717, 1.165) is 22.4 Å². The first kappa shape index (κ1) is 13.1. The zero-order chi connectivity index (χ0) is 13.8. The predicted molar refractivity (Wildman–Crippen MR) is 76.7 cm³/mol. The molecule has 0 aliphatic heterocycles. The van der Waals surface area contributed by atoms with Crippen molar-refractivity contribution >= 4 is 11.8 Å². The fourth-order valence-corrected chi connectivity index (χ4v) is 1.79. The molecule has 1 amide bonds. The van der Waals surface area contributed by atoms with Gasteiger partial charge in [-0.2, -0.15) is 0 Å². The van der Waals surface area contributed by atoms with E-state index in [1.165, 1.54) is 0 Å². The van der Waals surface area contributed by atoms with Gasteiger partial charge in [0.25, 0.3) is 0 Å². The third-order valence-electron chi connectivity index (χ3n) is 3.14. The van der Waals surface area contributed by atoms with Crippen molar-refractivity contribution in [3.05, 3.63) is 59.2 Å². The van der Waals surface area contributed by atoms with Gasteiger partial charge in [0.2, 0.25) is 0 Å². The Morgan fingerprint density at radius 2 is 1.63 bits per heavy atom. The maximum absolute atomic E-state index is 11.9. The number of rotatable bonds is 2. The van der Waals surface area contributed by atoms with E-state index in [2.05, 4.69) is 5.32 Å². The van der Waals surface area contributed by atoms with Crippen LogP contribution in [0.25, 0.3) is 0 Å². The van der Waals surface area contributed by atoms with Gasteiger partial charge in [0, 0.05) is 5.69 Å². The number of amides is 1. The Hall–Kier alpha value is -2.29. The van der Waals surface area contributed by atoms with Gasteiger partial charge < -0.3 is 4.74 Å². The Kier molecular flexibility index (Phi) is 3.85. The largest absolute Gasteiger partial charge is 0.417 e. The van der Waals surface area contributed by atoms with Gasteiger partial charge in [-0.05, 0) is 49.6 Å². The summed E-state index contributed by atoms with van der Waals surface area (Å²) in [6.07, 6.45) is -0.469. The van der Waals surface area contributed by atoms with Crippen LogP contribution >= 0.6 is 0 Å². The summed E-state index contributed by atoms with van der Waals surface area (Å²) in [6.45, 7) is 5.88. The van der Waals surface area contributed by atoms with Gasteiger partial charge in [0.15, 0.2) is 0 Å². The topological polar surface area (TPSA) is 38.3 Å². The van der Waals surface area contributed by atoms with E-state index in [1.54, 1.807) is 6.07 Å². The summed E-state index contributed by atoms with van der Waals surface area (Å²) in [4.78, 5) is 11.9. The molecular formula is C16H17NO2. The van der Waals surface area contributed by atoms with Crippen LogP contribution in [0.4, 0.5) is 10.5 Å². The number of carbonyl (C=O) groups is 1. The quantitative estimate of drug-likeness (QED) is 0.872. The molecule has 2 rings (SSSR count). The minimum Gasteiger partial charge on any atom is -0.410 e. The van der Waals surface area contributed by atoms with E-state index in [0.29, 0.717) is 5.75 Å². The van der Waals surface area contributed by atoms with E-state index < -0.39 is 6.09 Å². The van der Waals surface area contributed by atoms with Crippen molar-refractivity contribution in [3.8, 4) is 5.75 Å². The Morgan fingerprint density at radius 3 is 2.37 bits per heavy atom. The Labute approximate surface area is 113 Å². The SMILES string of the molecule is Cc1ccccc1OC(=O)Nc1cccc(C)c1C. The molecule has 0 spiro atoms. The van der Waals surface area contributed by atoms with Gasteiger partial charge in [0.1, 0.15) is 5.75 Å². The summed E-state index contributed by atoms with van der Waals surface area (Å²) < 4.78 is 5.29. The molecule has 0 radical (unpaired) electrons. The highest BCUT2D eigenvalue weighted by Gasteiger charge is 2.09. The van der Waals surface area contributed by atoms with Crippen LogP contribution in [-0.4, -0.2) is 6.09 Å². The lowest BCUT2D eigenvalue weighted by molar-refractivity contribution is 0.215. The lowest BCUT2D eigenvalue weighted by Crippen LogP contribution is -2.18. The van der Waals surface area contributed by atoms with Gasteiger partial charge in [-0.25, -0.2) is 4.79 Å². The van der Waals surface area contributed by atoms with Crippen LogP contribution in [0.3, 0.4) is 0 Å². The van der Waals surface area contributed by atoms with Crippen LogP contribution < -0.4 is 10.1 Å². The molecule has 2 aromatic carbocycles. The number of aryl methyl sites for hydroxylation is 2. The molecule has 1 N–H and O–H groups in total. The first-order valence-corrected chi connectivity index (χ1v) is 6.18. The molecule has 0 aromatic heterocycles. The van der Waals surface area contributed by atoms with Crippen molar-refractivity contribution in [3.63, 3.8) is 0 Å². The molecule has 0 bridgehead atoms. The lowest BCUT2D eigenvalue weighted by Gasteiger charge is -2.11. The third kappa shape index (κ3) is 3.13. The predicted octanol–water partition coefficient (Wildman–Crippen LogP) is 4.22. The highest BCUT2D eigenvalue weighted by atomic mass is 16.6. The maximum Gasteiger partial charge on any atom is 0.417 e. The first-order chi connectivity index (χ1) is 9.08. The van der Waals surface area contributed by atoms with Crippen LogP contribution in [0.2, 0.25) is 0 Å². The number of para-hydroxylation sites is 1. The number of ether oxygens (including phenoxy) is 1. The number of carbonyl (C=O) groups excluding carboxylic acids is 1. The molecule has 98 valence electrons. The van der Waals surface area contributed by atoms with E-state index in [4.69, 9.17) is 4.74 Å². The van der Waals surface area contributed by atoms with Crippen LogP contribution in [-0.2, 0) is 0 Å². The third-order valence-corrected chi connectivity index (χ3v) is 3.14. The normalized spacial score (nSPS) is 10.1. The number of hydrogen-bond donors (Lipinski definition) is 1. The van der Waals surface area contributed by atoms with E-state index in [1.807, 2.05) is 57.2 Å². The molecular weight excluding hydrogens is 238 g/mol. The highest BCUT2D eigenvalue weighted by Crippen LogP contribution is 2.20. The van der Waals surface area contributed by atoms with E-state index in [-0.39, 0.29) is 0 Å². The fraction of sp³-hybridized carbons (Fsp3) is 0.188. The summed E-state index contributed by atoms with van der Waals surface area (Å²) >= 11 is 0. The van der Waals surface area contributed by atoms with Crippen molar-refractivity contribution in [1.82, 2.24) is 0 Å². The second kappa shape index (κ2) is 5.57. The molecule has 2 aromatic rings. The average molecular weight is 255 g/mol. The summed E-state index contributed by atoms with van der Waals surface area (Å²) in [5, 5.41) is 2.77. The minimum atomic E-state index is -0.469. The Morgan fingerprint density at radius 1 is 0.947 bits per heavy atom. The number of benzene rings is 2. The summed E-state index contributed by atoms with van der Waals surface area (Å²) in [5.41, 5.74) is 3.88. The molecule has 0 heterocycles. The molecule has 0 unspecified atom stereocenters. The second-order valence-electron chi connectivity index (χ2n) is 4.53. The van der Waals surface area contributed by atoms with Crippen molar-refractivity contribution in [2.24, 2.45) is 0 Å². The van der Waals surface area contributed by atoms with Crippen LogP contribution in [0.1, 0.15) is 16.7 Å². The highest BCUT2D eigenvalue weighted by molar-refractivity contribution is 5.87. The van der Waals surface area contributed by atoms with Crippen molar-refractivity contribution < 1.29 is 9.53 Å². The standard InChI is InChI=1S/C16H17NO2/c1-11-8-6-9-14(13(11)3)17-16(18)19-15-10-5-4-7-12(15)2/h4-10H,1-3H3,(H,17,18). The summed E-state index contributed by atoms with van der Waals surface area (Å²) in [6, 6.07) is 13.2. The summed E-state index contributed by atoms with van der Waals surface area (Å²) in [7, 11) is 0. The van der Waals surface area contributed by atoms with Crippen LogP contribution in [0, 0.1) is 20.8 Å². The smallest absolute Gasteiger partial charge is 0.410 e. The van der Waals surface area contributed by atoms with Crippen molar-refractivity contribution in [1.29, 1.82) is 0 Å². The average Bonchev–Trinajstić information content (AvgIpc) is 2.38. The molecule has 0 saturated carbocycles. The second-order valence-corrected chi connectivity index (χ2v) is 4.53. The molecule has 3 heteroatoms. The lowest BCUT2D eigenvalue weighted by atomic mass is 10.1. The minimum absolute atomic E-state index is 0.469.